The van der Waals surface area contributed by atoms with Crippen molar-refractivity contribution >= 4 is 45.1 Å². The van der Waals surface area contributed by atoms with Gasteiger partial charge in [0.05, 0.1) is 28.9 Å². The Morgan fingerprint density at radius 1 is 0.974 bits per heavy atom. The lowest BCUT2D eigenvalue weighted by molar-refractivity contribution is 0.00744. The van der Waals surface area contributed by atoms with Crippen LogP contribution >= 0.6 is 11.3 Å². The number of aromatic nitrogens is 1. The Bertz CT molecular complexity index is 1530. The summed E-state index contributed by atoms with van der Waals surface area (Å²) < 4.78 is 10.8. The van der Waals surface area contributed by atoms with Gasteiger partial charge in [-0.3, -0.25) is 4.79 Å². The largest absolute Gasteiger partial charge is 0.462 e. The van der Waals surface area contributed by atoms with Crippen LogP contribution in [-0.2, 0) is 9.47 Å². The molecule has 0 radical (unpaired) electrons. The van der Waals surface area contributed by atoms with Gasteiger partial charge >= 0.3 is 11.9 Å². The molecule has 0 aliphatic rings. The Labute approximate surface area is 225 Å². The first kappa shape index (κ1) is 27.0. The molecule has 0 saturated carbocycles. The highest BCUT2D eigenvalue weighted by atomic mass is 32.1. The van der Waals surface area contributed by atoms with E-state index in [9.17, 15) is 14.4 Å². The molecular weight excluding hydrogens is 500 g/mol. The van der Waals surface area contributed by atoms with Crippen LogP contribution in [0.15, 0.2) is 54.6 Å². The average molecular weight is 531 g/mol. The number of hydrogen-bond acceptors (Lipinski definition) is 7. The first-order chi connectivity index (χ1) is 18.0. The van der Waals surface area contributed by atoms with Gasteiger partial charge in [-0.15, -0.1) is 11.3 Å². The maximum atomic E-state index is 13.7. The van der Waals surface area contributed by atoms with Gasteiger partial charge in [0.2, 0.25) is 0 Å². The fourth-order valence-electron chi connectivity index (χ4n) is 3.98. The van der Waals surface area contributed by atoms with Crippen molar-refractivity contribution in [2.75, 3.05) is 11.9 Å². The normalized spacial score (nSPS) is 11.3. The maximum Gasteiger partial charge on any atom is 0.349 e. The van der Waals surface area contributed by atoms with Gasteiger partial charge in [-0.2, -0.15) is 0 Å². The van der Waals surface area contributed by atoms with Gasteiger partial charge in [0.15, 0.2) is 0 Å². The number of rotatable bonds is 6. The van der Waals surface area contributed by atoms with E-state index in [1.54, 1.807) is 40.7 Å². The minimum absolute atomic E-state index is 0.142. The Morgan fingerprint density at radius 3 is 2.32 bits per heavy atom. The first-order valence-corrected chi connectivity index (χ1v) is 13.1. The number of carbonyl (C=O) groups excluding carboxylic acids is 3. The maximum absolute atomic E-state index is 13.7. The Hall–Kier alpha value is -4.04. The Kier molecular flexibility index (Phi) is 7.64. The van der Waals surface area contributed by atoms with Crippen LogP contribution in [0.3, 0.4) is 0 Å². The van der Waals surface area contributed by atoms with E-state index in [0.29, 0.717) is 27.7 Å². The molecule has 1 amide bonds. The van der Waals surface area contributed by atoms with Crippen LogP contribution in [-0.4, -0.2) is 35.0 Å². The topological polar surface area (TPSA) is 94.6 Å². The minimum Gasteiger partial charge on any atom is -0.462 e. The van der Waals surface area contributed by atoms with Gasteiger partial charge in [-0.1, -0.05) is 48.0 Å². The molecule has 8 heteroatoms. The Morgan fingerprint density at radius 2 is 1.66 bits per heavy atom. The van der Waals surface area contributed by atoms with E-state index in [2.05, 4.69) is 5.32 Å². The molecule has 0 atom stereocenters. The molecule has 196 valence electrons. The lowest BCUT2D eigenvalue weighted by Gasteiger charge is -2.19. The molecule has 4 aromatic rings. The summed E-state index contributed by atoms with van der Waals surface area (Å²) in [4.78, 5) is 44.5. The summed E-state index contributed by atoms with van der Waals surface area (Å²) in [6.07, 6.45) is 0. The van der Waals surface area contributed by atoms with Crippen LogP contribution in [0.2, 0.25) is 0 Å². The SMILES string of the molecule is CCOC(=O)c1c(NC(=O)c2cc(-c3ccc(C)cc3)nc3ccccc23)sc(C(=O)OC(C)(C)C)c1C. The fraction of sp³-hybridized carbons (Fsp3) is 0.267. The number of amides is 1. The van der Waals surface area contributed by atoms with E-state index >= 15 is 0 Å². The fourth-order valence-corrected chi connectivity index (χ4v) is 5.04. The monoisotopic (exact) mass is 530 g/mol. The molecule has 2 aromatic carbocycles. The highest BCUT2D eigenvalue weighted by molar-refractivity contribution is 7.18. The van der Waals surface area contributed by atoms with Crippen molar-refractivity contribution in [1.29, 1.82) is 0 Å². The molecule has 0 fully saturated rings. The van der Waals surface area contributed by atoms with Crippen LogP contribution in [0.25, 0.3) is 22.2 Å². The summed E-state index contributed by atoms with van der Waals surface area (Å²) in [5.41, 5.74) is 3.53. The van der Waals surface area contributed by atoms with Crippen molar-refractivity contribution in [3.8, 4) is 11.3 Å². The third kappa shape index (κ3) is 5.75. The van der Waals surface area contributed by atoms with Crippen molar-refractivity contribution in [2.45, 2.75) is 47.1 Å². The average Bonchev–Trinajstić information content (AvgIpc) is 3.18. The van der Waals surface area contributed by atoms with Crippen LogP contribution < -0.4 is 5.32 Å². The number of aryl methyl sites for hydroxylation is 1. The number of fused-ring (bicyclic) bond motifs is 1. The van der Waals surface area contributed by atoms with E-state index in [0.717, 1.165) is 22.5 Å². The lowest BCUT2D eigenvalue weighted by Crippen LogP contribution is -2.23. The predicted octanol–water partition coefficient (Wildman–Crippen LogP) is 6.96. The molecule has 2 heterocycles. The van der Waals surface area contributed by atoms with Crippen LogP contribution in [0.1, 0.15) is 69.2 Å². The summed E-state index contributed by atoms with van der Waals surface area (Å²) in [5.74, 6) is -1.62. The van der Waals surface area contributed by atoms with Crippen molar-refractivity contribution < 1.29 is 23.9 Å². The van der Waals surface area contributed by atoms with Crippen molar-refractivity contribution in [1.82, 2.24) is 4.98 Å². The number of carbonyl (C=O) groups is 3. The number of anilines is 1. The third-order valence-corrected chi connectivity index (χ3v) is 6.93. The first-order valence-electron chi connectivity index (χ1n) is 12.3. The van der Waals surface area contributed by atoms with E-state index in [1.165, 1.54) is 0 Å². The molecule has 1 N–H and O–H groups in total. The number of nitrogens with one attached hydrogen (secondary N) is 1. The molecule has 0 saturated heterocycles. The van der Waals surface area contributed by atoms with Gasteiger partial charge in [0.1, 0.15) is 15.5 Å². The van der Waals surface area contributed by atoms with Gasteiger partial charge in [-0.25, -0.2) is 14.6 Å². The van der Waals surface area contributed by atoms with Crippen LogP contribution in [0, 0.1) is 13.8 Å². The molecule has 0 aliphatic carbocycles. The molecule has 4 rings (SSSR count). The highest BCUT2D eigenvalue weighted by Crippen LogP contribution is 2.36. The number of thiophene rings is 1. The smallest absolute Gasteiger partial charge is 0.349 e. The molecule has 0 unspecified atom stereocenters. The summed E-state index contributed by atoms with van der Waals surface area (Å²) in [6.45, 7) is 10.8. The zero-order chi connectivity index (χ0) is 27.6. The van der Waals surface area contributed by atoms with Gasteiger partial charge in [-0.05, 0) is 59.2 Å². The summed E-state index contributed by atoms with van der Waals surface area (Å²) in [6, 6.07) is 17.0. The zero-order valence-electron chi connectivity index (χ0n) is 22.3. The molecule has 2 aromatic heterocycles. The standard InChI is InChI=1S/C30H30N2O5S/c1-7-36-28(34)24-18(3)25(29(35)37-30(4,5)6)38-27(24)32-26(33)21-16-23(19-14-12-17(2)13-15-19)31-22-11-9-8-10-20(21)22/h8-16H,7H2,1-6H3,(H,32,33). The van der Waals surface area contributed by atoms with E-state index < -0.39 is 23.4 Å². The van der Waals surface area contributed by atoms with Crippen molar-refractivity contribution in [3.05, 3.63) is 81.7 Å². The second-order valence-electron chi connectivity index (χ2n) is 9.88. The molecule has 0 spiro atoms. The van der Waals surface area contributed by atoms with Crippen LogP contribution in [0.4, 0.5) is 5.00 Å². The molecule has 7 nitrogen and oxygen atoms in total. The summed E-state index contributed by atoms with van der Waals surface area (Å²) in [7, 11) is 0. The molecule has 38 heavy (non-hydrogen) atoms. The minimum atomic E-state index is -0.719. The van der Waals surface area contributed by atoms with Crippen molar-refractivity contribution in [3.63, 3.8) is 0 Å². The number of esters is 2. The number of hydrogen-bond donors (Lipinski definition) is 1. The van der Waals surface area contributed by atoms with E-state index in [4.69, 9.17) is 14.5 Å². The third-order valence-electron chi connectivity index (χ3n) is 5.75. The summed E-state index contributed by atoms with van der Waals surface area (Å²) >= 11 is 0.997. The lowest BCUT2D eigenvalue weighted by atomic mass is 10.0. The van der Waals surface area contributed by atoms with Gasteiger partial charge in [0.25, 0.3) is 5.91 Å². The molecule has 0 bridgehead atoms. The highest BCUT2D eigenvalue weighted by Gasteiger charge is 2.30. The molecule has 0 aliphatic heterocycles. The number of benzene rings is 2. The second-order valence-corrected chi connectivity index (χ2v) is 10.9. The van der Waals surface area contributed by atoms with E-state index in [-0.39, 0.29) is 22.0 Å². The number of para-hydroxylation sites is 1. The summed E-state index contributed by atoms with van der Waals surface area (Å²) in [5, 5.41) is 3.76. The predicted molar refractivity (Wildman–Crippen MR) is 150 cm³/mol. The molecular formula is C30H30N2O5S. The number of ether oxygens (including phenoxy) is 2. The quantitative estimate of drug-likeness (QED) is 0.271. The van der Waals surface area contributed by atoms with Gasteiger partial charge in [0, 0.05) is 10.9 Å². The van der Waals surface area contributed by atoms with Crippen molar-refractivity contribution in [2.24, 2.45) is 0 Å². The number of pyridine rings is 1. The van der Waals surface area contributed by atoms with E-state index in [1.807, 2.05) is 55.5 Å². The Balaban J connectivity index is 1.79. The number of nitrogens with zero attached hydrogens (tertiary/aromatic N) is 1. The second kappa shape index (κ2) is 10.8. The van der Waals surface area contributed by atoms with Gasteiger partial charge < -0.3 is 14.8 Å². The zero-order valence-corrected chi connectivity index (χ0v) is 23.1. The van der Waals surface area contributed by atoms with Crippen LogP contribution in [0.5, 0.6) is 0 Å².